The molecule has 9 heavy (non-hydrogen) atoms. The highest BCUT2D eigenvalue weighted by Gasteiger charge is 2.12. The summed E-state index contributed by atoms with van der Waals surface area (Å²) >= 11 is 0. The lowest BCUT2D eigenvalue weighted by Crippen LogP contribution is -2.17. The average Bonchev–Trinajstić information content (AvgIpc) is 1.90. The molecule has 0 aromatic rings. The van der Waals surface area contributed by atoms with E-state index in [1.165, 1.54) is 31.3 Å². The summed E-state index contributed by atoms with van der Waals surface area (Å²) in [6.45, 7) is 4.81. The molecule has 1 nitrogen and oxygen atoms in total. The van der Waals surface area contributed by atoms with Crippen molar-refractivity contribution in [2.24, 2.45) is 11.7 Å². The van der Waals surface area contributed by atoms with Gasteiger partial charge in [-0.25, -0.2) is 0 Å². The van der Waals surface area contributed by atoms with Crippen LogP contribution in [0.1, 0.15) is 25.7 Å². The highest BCUT2D eigenvalue weighted by atomic mass is 14.5. The number of rotatable bonds is 1. The van der Waals surface area contributed by atoms with E-state index in [-0.39, 0.29) is 0 Å². The van der Waals surface area contributed by atoms with E-state index >= 15 is 0 Å². The van der Waals surface area contributed by atoms with Gasteiger partial charge in [-0.15, -0.1) is 0 Å². The van der Waals surface area contributed by atoms with Crippen molar-refractivity contribution < 1.29 is 0 Å². The average molecular weight is 125 g/mol. The molecule has 52 valence electrons. The lowest BCUT2D eigenvalue weighted by atomic mass is 9.87. The number of hydrogen-bond acceptors (Lipinski definition) is 1. The summed E-state index contributed by atoms with van der Waals surface area (Å²) in [5, 5.41) is 0. The minimum atomic E-state index is 0.787. The van der Waals surface area contributed by atoms with Crippen molar-refractivity contribution in [1.29, 1.82) is 0 Å². The maximum Gasteiger partial charge on any atom is -0.00486 e. The molecule has 0 saturated heterocycles. The minimum absolute atomic E-state index is 0.787. The Balaban J connectivity index is 2.26. The molecule has 2 N–H and O–H groups in total. The quantitative estimate of drug-likeness (QED) is 0.530. The van der Waals surface area contributed by atoms with Crippen LogP contribution in [-0.4, -0.2) is 6.54 Å². The molecule has 1 aliphatic rings. The summed E-state index contributed by atoms with van der Waals surface area (Å²) in [6.07, 6.45) is 4.97. The summed E-state index contributed by atoms with van der Waals surface area (Å²) < 4.78 is 0. The monoisotopic (exact) mass is 125 g/mol. The lowest BCUT2D eigenvalue weighted by molar-refractivity contribution is 0.419. The molecule has 0 aliphatic heterocycles. The van der Waals surface area contributed by atoms with Gasteiger partial charge in [0.1, 0.15) is 0 Å². The fourth-order valence-corrected chi connectivity index (χ4v) is 1.32. The summed E-state index contributed by atoms with van der Waals surface area (Å²) in [7, 11) is 0. The molecule has 0 unspecified atom stereocenters. The molecule has 0 radical (unpaired) electrons. The Hall–Kier alpha value is -0.300. The van der Waals surface area contributed by atoms with E-state index in [0.29, 0.717) is 0 Å². The molecular weight excluding hydrogens is 110 g/mol. The Morgan fingerprint density at radius 2 is 2.00 bits per heavy atom. The largest absolute Gasteiger partial charge is 0.330 e. The predicted molar refractivity (Wildman–Crippen MR) is 40.2 cm³/mol. The van der Waals surface area contributed by atoms with Gasteiger partial charge in [0, 0.05) is 0 Å². The van der Waals surface area contributed by atoms with Crippen LogP contribution in [0.4, 0.5) is 0 Å². The lowest BCUT2D eigenvalue weighted by Gasteiger charge is -2.21. The third kappa shape index (κ3) is 1.83. The Labute approximate surface area is 56.9 Å². The van der Waals surface area contributed by atoms with Gasteiger partial charge in [-0.3, -0.25) is 0 Å². The second kappa shape index (κ2) is 3.02. The molecule has 0 bridgehead atoms. The van der Waals surface area contributed by atoms with Crippen LogP contribution in [0.2, 0.25) is 0 Å². The molecule has 0 spiro atoms. The van der Waals surface area contributed by atoms with Gasteiger partial charge in [0.05, 0.1) is 0 Å². The molecule has 0 aromatic carbocycles. The van der Waals surface area contributed by atoms with E-state index in [1.807, 2.05) is 0 Å². The van der Waals surface area contributed by atoms with Gasteiger partial charge in [0.2, 0.25) is 0 Å². The molecule has 0 heterocycles. The molecule has 1 heteroatoms. The first-order chi connectivity index (χ1) is 4.33. The summed E-state index contributed by atoms with van der Waals surface area (Å²) in [5.41, 5.74) is 6.94. The molecule has 1 rings (SSSR count). The van der Waals surface area contributed by atoms with Crippen LogP contribution in [0.15, 0.2) is 12.2 Å². The fraction of sp³-hybridized carbons (Fsp3) is 0.750. The first-order valence-electron chi connectivity index (χ1n) is 3.69. The van der Waals surface area contributed by atoms with Crippen molar-refractivity contribution in [2.45, 2.75) is 25.7 Å². The van der Waals surface area contributed by atoms with E-state index in [2.05, 4.69) is 6.58 Å². The molecule has 1 fully saturated rings. The topological polar surface area (TPSA) is 26.0 Å². The predicted octanol–water partition coefficient (Wildman–Crippen LogP) is 1.69. The minimum Gasteiger partial charge on any atom is -0.330 e. The standard InChI is InChI=1S/C8H15N/c1-7-2-4-8(6-9)5-3-7/h8H,1-6,9H2. The van der Waals surface area contributed by atoms with E-state index in [0.717, 1.165) is 12.5 Å². The van der Waals surface area contributed by atoms with Crippen LogP contribution < -0.4 is 5.73 Å². The van der Waals surface area contributed by atoms with Gasteiger partial charge in [-0.2, -0.15) is 0 Å². The Kier molecular flexibility index (Phi) is 2.29. The van der Waals surface area contributed by atoms with E-state index in [4.69, 9.17) is 5.73 Å². The number of allylic oxidation sites excluding steroid dienone is 1. The van der Waals surface area contributed by atoms with Crippen molar-refractivity contribution in [2.75, 3.05) is 6.54 Å². The van der Waals surface area contributed by atoms with Crippen molar-refractivity contribution in [1.82, 2.24) is 0 Å². The van der Waals surface area contributed by atoms with Crippen molar-refractivity contribution in [3.8, 4) is 0 Å². The summed E-state index contributed by atoms with van der Waals surface area (Å²) in [6, 6.07) is 0. The zero-order valence-corrected chi connectivity index (χ0v) is 5.90. The van der Waals surface area contributed by atoms with Crippen LogP contribution in [0.3, 0.4) is 0 Å². The number of nitrogens with two attached hydrogens (primary N) is 1. The summed E-state index contributed by atoms with van der Waals surface area (Å²) in [5.74, 6) is 0.787. The van der Waals surface area contributed by atoms with E-state index in [9.17, 15) is 0 Å². The van der Waals surface area contributed by atoms with Gasteiger partial charge in [-0.1, -0.05) is 12.2 Å². The Morgan fingerprint density at radius 1 is 1.44 bits per heavy atom. The maximum absolute atomic E-state index is 5.52. The van der Waals surface area contributed by atoms with Crippen LogP contribution >= 0.6 is 0 Å². The zero-order valence-electron chi connectivity index (χ0n) is 5.90. The smallest absolute Gasteiger partial charge is 0.00486 e. The molecule has 0 amide bonds. The highest BCUT2D eigenvalue weighted by molar-refractivity contribution is 4.98. The fourth-order valence-electron chi connectivity index (χ4n) is 1.32. The molecule has 0 atom stereocenters. The maximum atomic E-state index is 5.52. The highest BCUT2D eigenvalue weighted by Crippen LogP contribution is 2.25. The van der Waals surface area contributed by atoms with Crippen molar-refractivity contribution >= 4 is 0 Å². The second-order valence-electron chi connectivity index (χ2n) is 2.93. The Bertz CT molecular complexity index is 97.1. The van der Waals surface area contributed by atoms with Crippen molar-refractivity contribution in [3.63, 3.8) is 0 Å². The SMILES string of the molecule is C=C1CCC(CN)CC1. The van der Waals surface area contributed by atoms with E-state index < -0.39 is 0 Å². The number of hydrogen-bond donors (Lipinski definition) is 1. The third-order valence-corrected chi connectivity index (χ3v) is 2.15. The Morgan fingerprint density at radius 3 is 2.44 bits per heavy atom. The zero-order chi connectivity index (χ0) is 6.69. The van der Waals surface area contributed by atoms with Crippen LogP contribution in [0.5, 0.6) is 0 Å². The van der Waals surface area contributed by atoms with Gasteiger partial charge in [-0.05, 0) is 38.1 Å². The molecule has 1 saturated carbocycles. The van der Waals surface area contributed by atoms with Gasteiger partial charge in [0.15, 0.2) is 0 Å². The molecular formula is C8H15N. The first kappa shape index (κ1) is 6.81. The van der Waals surface area contributed by atoms with Crippen LogP contribution in [0, 0.1) is 5.92 Å². The van der Waals surface area contributed by atoms with Crippen LogP contribution in [0.25, 0.3) is 0 Å². The van der Waals surface area contributed by atoms with Crippen LogP contribution in [-0.2, 0) is 0 Å². The summed E-state index contributed by atoms with van der Waals surface area (Å²) in [4.78, 5) is 0. The molecule has 0 aromatic heterocycles. The van der Waals surface area contributed by atoms with E-state index in [1.54, 1.807) is 0 Å². The molecule has 1 aliphatic carbocycles. The van der Waals surface area contributed by atoms with Gasteiger partial charge in [0.25, 0.3) is 0 Å². The normalized spacial score (nSPS) is 22.6. The second-order valence-corrected chi connectivity index (χ2v) is 2.93. The van der Waals surface area contributed by atoms with Gasteiger partial charge >= 0.3 is 0 Å². The third-order valence-electron chi connectivity index (χ3n) is 2.15. The first-order valence-corrected chi connectivity index (χ1v) is 3.69. The van der Waals surface area contributed by atoms with Crippen molar-refractivity contribution in [3.05, 3.63) is 12.2 Å². The van der Waals surface area contributed by atoms with Gasteiger partial charge < -0.3 is 5.73 Å².